The zero-order valence-corrected chi connectivity index (χ0v) is 20.0. The summed E-state index contributed by atoms with van der Waals surface area (Å²) in [6.45, 7) is 8.17. The van der Waals surface area contributed by atoms with E-state index in [1.807, 2.05) is 35.1 Å². The Labute approximate surface area is 196 Å². The zero-order valence-electron chi connectivity index (χ0n) is 18.4. The van der Waals surface area contributed by atoms with Gasteiger partial charge in [0.15, 0.2) is 10.8 Å². The number of amides is 1. The third-order valence-electron chi connectivity index (χ3n) is 5.08. The quantitative estimate of drug-likeness (QED) is 0.375. The van der Waals surface area contributed by atoms with Gasteiger partial charge in [-0.3, -0.25) is 4.79 Å². The molecule has 3 heterocycles. The Morgan fingerprint density at radius 2 is 1.91 bits per heavy atom. The molecule has 1 aliphatic heterocycles. The van der Waals surface area contributed by atoms with Crippen LogP contribution in [0.15, 0.2) is 40.5 Å². The summed E-state index contributed by atoms with van der Waals surface area (Å²) >= 11 is 3.29. The van der Waals surface area contributed by atoms with Gasteiger partial charge in [-0.05, 0) is 23.6 Å². The molecule has 10 heteroatoms. The van der Waals surface area contributed by atoms with Gasteiger partial charge in [-0.15, -0.1) is 11.8 Å². The minimum atomic E-state index is -0.0659. The molecule has 1 N–H and O–H groups in total. The van der Waals surface area contributed by atoms with Crippen LogP contribution in [0.2, 0.25) is 0 Å². The minimum absolute atomic E-state index is 0.0659. The van der Waals surface area contributed by atoms with Crippen LogP contribution in [0.3, 0.4) is 0 Å². The smallest absolute Gasteiger partial charge is 0.252 e. The lowest BCUT2D eigenvalue weighted by Gasteiger charge is -2.28. The van der Waals surface area contributed by atoms with Crippen LogP contribution in [0.4, 0.5) is 5.82 Å². The zero-order chi connectivity index (χ0) is 22.3. The molecule has 2 aromatic heterocycles. The van der Waals surface area contributed by atoms with Crippen LogP contribution < -0.4 is 10.2 Å². The second kappa shape index (κ2) is 11.0. The third kappa shape index (κ3) is 5.19. The fraction of sp³-hybridized carbons (Fsp3) is 0.455. The predicted molar refractivity (Wildman–Crippen MR) is 130 cm³/mol. The van der Waals surface area contributed by atoms with Crippen LogP contribution >= 0.6 is 23.5 Å². The van der Waals surface area contributed by atoms with Gasteiger partial charge >= 0.3 is 0 Å². The van der Waals surface area contributed by atoms with Crippen molar-refractivity contribution in [2.24, 2.45) is 0 Å². The van der Waals surface area contributed by atoms with Crippen LogP contribution in [0.1, 0.15) is 24.2 Å². The molecule has 1 aliphatic rings. The van der Waals surface area contributed by atoms with Crippen molar-refractivity contribution in [3.05, 3.63) is 36.0 Å². The number of morpholine rings is 1. The Kier molecular flexibility index (Phi) is 7.88. The molecule has 0 unspecified atom stereocenters. The molecule has 0 atom stereocenters. The molecule has 0 aliphatic carbocycles. The summed E-state index contributed by atoms with van der Waals surface area (Å²) in [5.41, 5.74) is 1.51. The number of rotatable bonds is 9. The minimum Gasteiger partial charge on any atom is -0.378 e. The summed E-state index contributed by atoms with van der Waals surface area (Å²) in [6, 6.07) is 7.71. The highest BCUT2D eigenvalue weighted by Gasteiger charge is 2.20. The SMILES string of the molecule is CCSc1nc(N2CCOCC2)c2cnn(CCNC(=O)c3ccccc3SCC)c2n1. The number of hydrogen-bond acceptors (Lipinski definition) is 8. The molecule has 0 radical (unpaired) electrons. The number of carbonyl (C=O) groups is 1. The van der Waals surface area contributed by atoms with Gasteiger partial charge in [0.2, 0.25) is 0 Å². The number of fused-ring (bicyclic) bond motifs is 1. The van der Waals surface area contributed by atoms with Crippen molar-refractivity contribution in [3.63, 3.8) is 0 Å². The Balaban J connectivity index is 1.51. The normalized spacial score (nSPS) is 14.1. The first-order chi connectivity index (χ1) is 15.7. The Morgan fingerprint density at radius 1 is 1.12 bits per heavy atom. The molecule has 0 saturated carbocycles. The van der Waals surface area contributed by atoms with Crippen LogP contribution in [0.25, 0.3) is 11.0 Å². The van der Waals surface area contributed by atoms with Crippen molar-refractivity contribution in [1.82, 2.24) is 25.1 Å². The lowest BCUT2D eigenvalue weighted by atomic mass is 10.2. The lowest BCUT2D eigenvalue weighted by Crippen LogP contribution is -2.37. The predicted octanol–water partition coefficient (Wildman–Crippen LogP) is 3.32. The molecule has 1 saturated heterocycles. The number of nitrogens with one attached hydrogen (secondary N) is 1. The number of thioether (sulfide) groups is 2. The lowest BCUT2D eigenvalue weighted by molar-refractivity contribution is 0.0949. The van der Waals surface area contributed by atoms with E-state index in [9.17, 15) is 4.79 Å². The number of nitrogens with zero attached hydrogens (tertiary/aromatic N) is 5. The summed E-state index contributed by atoms with van der Waals surface area (Å²) in [5, 5.41) is 9.27. The third-order valence-corrected chi connectivity index (χ3v) is 6.77. The van der Waals surface area contributed by atoms with Gasteiger partial charge in [0.1, 0.15) is 5.82 Å². The van der Waals surface area contributed by atoms with E-state index in [0.717, 1.165) is 51.5 Å². The van der Waals surface area contributed by atoms with Crippen molar-refractivity contribution >= 4 is 46.3 Å². The molecule has 4 rings (SSSR count). The van der Waals surface area contributed by atoms with E-state index < -0.39 is 0 Å². The number of carbonyl (C=O) groups excluding carboxylic acids is 1. The number of benzene rings is 1. The van der Waals surface area contributed by atoms with Gasteiger partial charge in [-0.25, -0.2) is 14.6 Å². The fourth-order valence-corrected chi connectivity index (χ4v) is 4.96. The molecular weight excluding hydrogens is 444 g/mol. The van der Waals surface area contributed by atoms with Gasteiger partial charge in [-0.2, -0.15) is 5.10 Å². The molecule has 3 aromatic rings. The van der Waals surface area contributed by atoms with Crippen molar-refractivity contribution in [2.75, 3.05) is 49.3 Å². The maximum atomic E-state index is 12.7. The average molecular weight is 473 g/mol. The molecule has 170 valence electrons. The Morgan fingerprint density at radius 3 is 2.69 bits per heavy atom. The van der Waals surface area contributed by atoms with Gasteiger partial charge < -0.3 is 15.0 Å². The van der Waals surface area contributed by atoms with Gasteiger partial charge in [-0.1, -0.05) is 37.7 Å². The molecule has 1 amide bonds. The van der Waals surface area contributed by atoms with Gasteiger partial charge in [0.25, 0.3) is 5.91 Å². The molecule has 0 spiro atoms. The number of aromatic nitrogens is 4. The van der Waals surface area contributed by atoms with Crippen LogP contribution in [0, 0.1) is 0 Å². The Bertz CT molecular complexity index is 1070. The van der Waals surface area contributed by atoms with Gasteiger partial charge in [0, 0.05) is 24.5 Å². The van der Waals surface area contributed by atoms with Crippen LogP contribution in [-0.2, 0) is 11.3 Å². The van der Waals surface area contributed by atoms with Crippen molar-refractivity contribution in [3.8, 4) is 0 Å². The molecule has 8 nitrogen and oxygen atoms in total. The second-order valence-corrected chi connectivity index (χ2v) is 9.69. The van der Waals surface area contributed by atoms with E-state index >= 15 is 0 Å². The second-order valence-electron chi connectivity index (χ2n) is 7.15. The van der Waals surface area contributed by atoms with E-state index in [2.05, 4.69) is 29.2 Å². The first-order valence-corrected chi connectivity index (χ1v) is 12.9. The van der Waals surface area contributed by atoms with Crippen molar-refractivity contribution in [1.29, 1.82) is 0 Å². The standard InChI is InChI=1S/C22H28N6O2S2/c1-3-31-18-8-6-5-7-16(18)21(29)23-9-10-28-20-17(15-24-28)19(25-22(26-20)32-4-2)27-11-13-30-14-12-27/h5-8,15H,3-4,9-14H2,1-2H3,(H,23,29). The van der Waals surface area contributed by atoms with E-state index in [1.165, 1.54) is 0 Å². The summed E-state index contributed by atoms with van der Waals surface area (Å²) in [4.78, 5) is 25.5. The van der Waals surface area contributed by atoms with Crippen LogP contribution in [-0.4, -0.2) is 70.0 Å². The van der Waals surface area contributed by atoms with Crippen LogP contribution in [0.5, 0.6) is 0 Å². The van der Waals surface area contributed by atoms with E-state index in [1.54, 1.807) is 23.5 Å². The van der Waals surface area contributed by atoms with E-state index in [4.69, 9.17) is 14.7 Å². The first kappa shape index (κ1) is 22.9. The van der Waals surface area contributed by atoms with Crippen molar-refractivity contribution in [2.45, 2.75) is 30.4 Å². The maximum absolute atomic E-state index is 12.7. The fourth-order valence-electron chi connectivity index (χ4n) is 3.60. The highest BCUT2D eigenvalue weighted by atomic mass is 32.2. The monoisotopic (exact) mass is 472 g/mol. The molecule has 0 bridgehead atoms. The number of ether oxygens (including phenoxy) is 1. The topological polar surface area (TPSA) is 85.2 Å². The highest BCUT2D eigenvalue weighted by molar-refractivity contribution is 7.99. The summed E-state index contributed by atoms with van der Waals surface area (Å²) < 4.78 is 7.35. The summed E-state index contributed by atoms with van der Waals surface area (Å²) in [7, 11) is 0. The Hall–Kier alpha value is -2.30. The van der Waals surface area contributed by atoms with Gasteiger partial charge in [0.05, 0.1) is 36.9 Å². The number of hydrogen-bond donors (Lipinski definition) is 1. The molecular formula is C22H28N6O2S2. The average Bonchev–Trinajstić information content (AvgIpc) is 3.23. The largest absolute Gasteiger partial charge is 0.378 e. The molecule has 1 aromatic carbocycles. The molecule has 32 heavy (non-hydrogen) atoms. The highest BCUT2D eigenvalue weighted by Crippen LogP contribution is 2.28. The van der Waals surface area contributed by atoms with Crippen molar-refractivity contribution < 1.29 is 9.53 Å². The van der Waals surface area contributed by atoms with E-state index in [0.29, 0.717) is 31.9 Å². The van der Waals surface area contributed by atoms with E-state index in [-0.39, 0.29) is 5.91 Å². The first-order valence-electron chi connectivity index (χ1n) is 10.9. The number of anilines is 1. The summed E-state index contributed by atoms with van der Waals surface area (Å²) in [6.07, 6.45) is 1.83. The maximum Gasteiger partial charge on any atom is 0.252 e. The summed E-state index contributed by atoms with van der Waals surface area (Å²) in [5.74, 6) is 2.67. The molecule has 1 fully saturated rings.